The first-order chi connectivity index (χ1) is 15.9. The molecular formula is C26H32N2O5. The summed E-state index contributed by atoms with van der Waals surface area (Å²) in [5.41, 5.74) is 5.40. The van der Waals surface area contributed by atoms with Crippen molar-refractivity contribution in [1.82, 2.24) is 9.80 Å². The molecule has 2 aromatic rings. The van der Waals surface area contributed by atoms with Crippen LogP contribution in [0.1, 0.15) is 34.8 Å². The summed E-state index contributed by atoms with van der Waals surface area (Å²) < 4.78 is 0. The molecule has 0 aromatic heterocycles. The molecule has 0 bridgehead atoms. The third-order valence-electron chi connectivity index (χ3n) is 6.02. The summed E-state index contributed by atoms with van der Waals surface area (Å²) >= 11 is 0. The lowest BCUT2D eigenvalue weighted by Crippen LogP contribution is -2.47. The number of hydrogen-bond acceptors (Lipinski definition) is 5. The van der Waals surface area contributed by atoms with Crippen molar-refractivity contribution in [2.24, 2.45) is 0 Å². The van der Waals surface area contributed by atoms with E-state index in [4.69, 9.17) is 10.2 Å². The molecule has 33 heavy (non-hydrogen) atoms. The van der Waals surface area contributed by atoms with Crippen molar-refractivity contribution < 1.29 is 24.9 Å². The SMILES string of the molecule is O=C(O)/C=C\C(=O)O.OC(CN1CCN(Cc2ccccc2)CC1)c1ccc2c(c1)CCC2. The van der Waals surface area contributed by atoms with Gasteiger partial charge in [-0.05, 0) is 41.5 Å². The van der Waals surface area contributed by atoms with Gasteiger partial charge in [0, 0.05) is 51.4 Å². The highest BCUT2D eigenvalue weighted by atomic mass is 16.4. The number of fused-ring (bicyclic) bond motifs is 1. The van der Waals surface area contributed by atoms with Crippen molar-refractivity contribution in [3.63, 3.8) is 0 Å². The predicted octanol–water partition coefficient (Wildman–Crippen LogP) is 2.74. The second-order valence-electron chi connectivity index (χ2n) is 8.47. The van der Waals surface area contributed by atoms with E-state index in [9.17, 15) is 14.7 Å². The lowest BCUT2D eigenvalue weighted by molar-refractivity contribution is -0.134. The highest BCUT2D eigenvalue weighted by Gasteiger charge is 2.21. The van der Waals surface area contributed by atoms with Crippen LogP contribution in [0.25, 0.3) is 0 Å². The monoisotopic (exact) mass is 452 g/mol. The number of aliphatic hydroxyl groups excluding tert-OH is 1. The second-order valence-corrected chi connectivity index (χ2v) is 8.47. The summed E-state index contributed by atoms with van der Waals surface area (Å²) in [7, 11) is 0. The minimum Gasteiger partial charge on any atom is -0.478 e. The summed E-state index contributed by atoms with van der Waals surface area (Å²) in [5.74, 6) is -2.51. The van der Waals surface area contributed by atoms with Crippen LogP contribution in [-0.2, 0) is 29.0 Å². The molecule has 2 aromatic carbocycles. The molecule has 4 rings (SSSR count). The van der Waals surface area contributed by atoms with Gasteiger partial charge in [0.25, 0.3) is 0 Å². The minimum atomic E-state index is -1.26. The average Bonchev–Trinajstić information content (AvgIpc) is 3.28. The highest BCUT2D eigenvalue weighted by Crippen LogP contribution is 2.26. The molecule has 1 heterocycles. The van der Waals surface area contributed by atoms with Crippen molar-refractivity contribution in [1.29, 1.82) is 0 Å². The normalized spacial score (nSPS) is 17.2. The quantitative estimate of drug-likeness (QED) is 0.555. The Hall–Kier alpha value is -3.00. The fraction of sp³-hybridized carbons (Fsp3) is 0.385. The van der Waals surface area contributed by atoms with Crippen LogP contribution in [0.5, 0.6) is 0 Å². The molecule has 1 saturated heterocycles. The molecule has 1 aliphatic carbocycles. The Bertz CT molecular complexity index is 936. The van der Waals surface area contributed by atoms with Gasteiger partial charge in [-0.1, -0.05) is 48.5 Å². The van der Waals surface area contributed by atoms with E-state index < -0.39 is 11.9 Å². The van der Waals surface area contributed by atoms with Crippen LogP contribution in [0.15, 0.2) is 60.7 Å². The number of hydrogen-bond donors (Lipinski definition) is 3. The van der Waals surface area contributed by atoms with Crippen molar-refractivity contribution >= 4 is 11.9 Å². The van der Waals surface area contributed by atoms with Crippen LogP contribution in [0.3, 0.4) is 0 Å². The Balaban J connectivity index is 0.000000331. The van der Waals surface area contributed by atoms with Gasteiger partial charge in [-0.25, -0.2) is 9.59 Å². The molecular weight excluding hydrogens is 420 g/mol. The Labute approximate surface area is 194 Å². The van der Waals surface area contributed by atoms with E-state index in [1.807, 2.05) is 0 Å². The number of carboxylic acids is 2. The molecule has 176 valence electrons. The number of rotatable bonds is 7. The Kier molecular flexibility index (Phi) is 9.18. The summed E-state index contributed by atoms with van der Waals surface area (Å²) in [5, 5.41) is 26.3. The lowest BCUT2D eigenvalue weighted by atomic mass is 10.0. The van der Waals surface area contributed by atoms with E-state index in [1.54, 1.807) is 0 Å². The van der Waals surface area contributed by atoms with Crippen molar-refractivity contribution in [3.8, 4) is 0 Å². The molecule has 1 fully saturated rings. The third-order valence-corrected chi connectivity index (χ3v) is 6.02. The smallest absolute Gasteiger partial charge is 0.328 e. The van der Waals surface area contributed by atoms with E-state index in [0.717, 1.165) is 44.8 Å². The van der Waals surface area contributed by atoms with Gasteiger partial charge >= 0.3 is 11.9 Å². The number of nitrogens with zero attached hydrogens (tertiary/aromatic N) is 2. The van der Waals surface area contributed by atoms with Crippen LogP contribution in [0.2, 0.25) is 0 Å². The standard InChI is InChI=1S/C22H28N2O.C4H4O4/c25-22(21-10-9-19-7-4-8-20(19)15-21)17-24-13-11-23(12-14-24)16-18-5-2-1-3-6-18;5-3(6)1-2-4(7)8/h1-3,5-6,9-10,15,22,25H,4,7-8,11-14,16-17H2;1-2H,(H,5,6)(H,7,8)/b;2-1-. The van der Waals surface area contributed by atoms with E-state index in [2.05, 4.69) is 58.3 Å². The van der Waals surface area contributed by atoms with Gasteiger partial charge in [-0.2, -0.15) is 0 Å². The Morgan fingerprint density at radius 3 is 2.09 bits per heavy atom. The van der Waals surface area contributed by atoms with Gasteiger partial charge in [0.15, 0.2) is 0 Å². The molecule has 7 nitrogen and oxygen atoms in total. The van der Waals surface area contributed by atoms with Gasteiger partial charge in [-0.3, -0.25) is 9.80 Å². The third kappa shape index (κ3) is 8.13. The highest BCUT2D eigenvalue weighted by molar-refractivity contribution is 5.89. The Morgan fingerprint density at radius 1 is 0.848 bits per heavy atom. The number of aliphatic hydroxyl groups is 1. The van der Waals surface area contributed by atoms with E-state index >= 15 is 0 Å². The Morgan fingerprint density at radius 2 is 1.45 bits per heavy atom. The van der Waals surface area contributed by atoms with Crippen LogP contribution < -0.4 is 0 Å². The number of aliphatic carboxylic acids is 2. The summed E-state index contributed by atoms with van der Waals surface area (Å²) in [6.07, 6.45) is 4.39. The number of carbonyl (C=O) groups is 2. The fourth-order valence-electron chi connectivity index (χ4n) is 4.26. The number of β-amino-alcohol motifs (C(OH)–C–C–N with tert-alkyl or cyclic N) is 1. The van der Waals surface area contributed by atoms with Gasteiger partial charge in [-0.15, -0.1) is 0 Å². The number of aryl methyl sites for hydroxylation is 2. The van der Waals surface area contributed by atoms with Crippen LogP contribution in [-0.4, -0.2) is 69.8 Å². The van der Waals surface area contributed by atoms with Gasteiger partial charge in [0.05, 0.1) is 6.10 Å². The first-order valence-corrected chi connectivity index (χ1v) is 11.3. The maximum absolute atomic E-state index is 10.6. The first kappa shape index (κ1) is 24.6. The first-order valence-electron chi connectivity index (χ1n) is 11.3. The van der Waals surface area contributed by atoms with Crippen LogP contribution in [0, 0.1) is 0 Å². The average molecular weight is 453 g/mol. The number of piperazine rings is 1. The van der Waals surface area contributed by atoms with E-state index in [1.165, 1.54) is 36.0 Å². The molecule has 3 N–H and O–H groups in total. The zero-order valence-electron chi connectivity index (χ0n) is 18.8. The molecule has 0 saturated carbocycles. The van der Waals surface area contributed by atoms with E-state index in [0.29, 0.717) is 12.2 Å². The minimum absolute atomic E-state index is 0.369. The topological polar surface area (TPSA) is 101 Å². The zero-order valence-corrected chi connectivity index (χ0v) is 18.8. The molecule has 1 atom stereocenters. The maximum Gasteiger partial charge on any atom is 0.328 e. The maximum atomic E-state index is 10.6. The summed E-state index contributed by atoms with van der Waals surface area (Å²) in [6.45, 7) is 6.00. The summed E-state index contributed by atoms with van der Waals surface area (Å²) in [6, 6.07) is 17.3. The molecule has 7 heteroatoms. The molecule has 0 amide bonds. The van der Waals surface area contributed by atoms with Crippen LogP contribution in [0.4, 0.5) is 0 Å². The molecule has 2 aliphatic rings. The van der Waals surface area contributed by atoms with Crippen molar-refractivity contribution in [3.05, 3.63) is 82.9 Å². The lowest BCUT2D eigenvalue weighted by Gasteiger charge is -2.35. The van der Waals surface area contributed by atoms with Gasteiger partial charge in [0.1, 0.15) is 0 Å². The van der Waals surface area contributed by atoms with Gasteiger partial charge < -0.3 is 15.3 Å². The van der Waals surface area contributed by atoms with Crippen LogP contribution >= 0.6 is 0 Å². The largest absolute Gasteiger partial charge is 0.478 e. The molecule has 1 aliphatic heterocycles. The number of carboxylic acid groups (broad SMARTS) is 2. The van der Waals surface area contributed by atoms with Crippen molar-refractivity contribution in [2.45, 2.75) is 31.9 Å². The second kappa shape index (κ2) is 12.3. The van der Waals surface area contributed by atoms with E-state index in [-0.39, 0.29) is 6.10 Å². The molecule has 0 spiro atoms. The van der Waals surface area contributed by atoms with Gasteiger partial charge in [0.2, 0.25) is 0 Å². The number of benzene rings is 2. The fourth-order valence-corrected chi connectivity index (χ4v) is 4.26. The zero-order chi connectivity index (χ0) is 23.6. The summed E-state index contributed by atoms with van der Waals surface area (Å²) in [4.78, 5) is 24.0. The van der Waals surface area contributed by atoms with Crippen molar-refractivity contribution in [2.75, 3.05) is 32.7 Å². The molecule has 0 radical (unpaired) electrons. The predicted molar refractivity (Wildman–Crippen MR) is 126 cm³/mol. The molecule has 1 unspecified atom stereocenters.